The molecule has 0 spiro atoms. The molecule has 8 heteroatoms. The van der Waals surface area contributed by atoms with Crippen molar-refractivity contribution in [3.05, 3.63) is 102 Å². The molecule has 0 aliphatic carbocycles. The number of carbonyl (C=O) groups is 2. The quantitative estimate of drug-likeness (QED) is 0.0777. The number of para-hydroxylation sites is 1. The second-order valence-corrected chi connectivity index (χ2v) is 12.2. The third kappa shape index (κ3) is 12.8. The van der Waals surface area contributed by atoms with Crippen molar-refractivity contribution < 1.29 is 23.8 Å². The van der Waals surface area contributed by atoms with Crippen molar-refractivity contribution in [1.29, 1.82) is 0 Å². The lowest BCUT2D eigenvalue weighted by Crippen LogP contribution is -2.46. The van der Waals surface area contributed by atoms with Crippen LogP contribution in [0.15, 0.2) is 84.9 Å². The smallest absolute Gasteiger partial charge is 0.337 e. The number of hydrogen-bond acceptors (Lipinski definition) is 8. The first kappa shape index (κ1) is 36.1. The third-order valence-electron chi connectivity index (χ3n) is 8.73. The van der Waals surface area contributed by atoms with Crippen molar-refractivity contribution >= 4 is 17.6 Å². The van der Waals surface area contributed by atoms with Gasteiger partial charge >= 0.3 is 11.9 Å². The summed E-state index contributed by atoms with van der Waals surface area (Å²) < 4.78 is 16.7. The van der Waals surface area contributed by atoms with Gasteiger partial charge in [0.25, 0.3) is 0 Å². The van der Waals surface area contributed by atoms with Gasteiger partial charge in [0.2, 0.25) is 0 Å². The number of unbranched alkanes of at least 4 members (excludes halogenated alkanes) is 3. The predicted molar refractivity (Wildman–Crippen MR) is 188 cm³/mol. The summed E-state index contributed by atoms with van der Waals surface area (Å²) in [4.78, 5) is 31.4. The molecule has 1 atom stereocenters. The van der Waals surface area contributed by atoms with Gasteiger partial charge in [-0.05, 0) is 81.0 Å². The highest BCUT2D eigenvalue weighted by molar-refractivity contribution is 5.89. The van der Waals surface area contributed by atoms with Crippen molar-refractivity contribution in [3.63, 3.8) is 0 Å². The Balaban J connectivity index is 1.31. The van der Waals surface area contributed by atoms with Gasteiger partial charge in [0.15, 0.2) is 0 Å². The van der Waals surface area contributed by atoms with E-state index in [1.54, 1.807) is 0 Å². The standard InChI is InChI=1S/C39H53N3O5/c1-3-46-38(43)19-11-13-25-42(32-34-20-22-35(23-21-34)39(44)45-2)37(31-33-15-7-4-8-16-33)47-30-14-6-12-24-40-26-28-41(29-27-40)36-17-9-5-10-18-36/h4-5,7-10,15-18,20-23,37H,3,6,11-14,19,24-32H2,1-2H3. The predicted octanol–water partition coefficient (Wildman–Crippen LogP) is 6.59. The van der Waals surface area contributed by atoms with Crippen molar-refractivity contribution in [2.24, 2.45) is 0 Å². The lowest BCUT2D eigenvalue weighted by atomic mass is 10.1. The first-order valence-electron chi connectivity index (χ1n) is 17.3. The number of ether oxygens (including phenoxy) is 3. The number of hydrogen-bond donors (Lipinski definition) is 0. The fourth-order valence-electron chi connectivity index (χ4n) is 6.05. The van der Waals surface area contributed by atoms with Crippen LogP contribution < -0.4 is 4.90 Å². The van der Waals surface area contributed by atoms with Gasteiger partial charge in [0, 0.05) is 64.4 Å². The topological polar surface area (TPSA) is 71.5 Å². The highest BCUT2D eigenvalue weighted by atomic mass is 16.5. The van der Waals surface area contributed by atoms with Gasteiger partial charge in [-0.15, -0.1) is 0 Å². The third-order valence-corrected chi connectivity index (χ3v) is 8.73. The Morgan fingerprint density at radius 2 is 1.49 bits per heavy atom. The zero-order valence-electron chi connectivity index (χ0n) is 28.4. The van der Waals surface area contributed by atoms with E-state index in [4.69, 9.17) is 14.2 Å². The Morgan fingerprint density at radius 1 is 0.787 bits per heavy atom. The lowest BCUT2D eigenvalue weighted by molar-refractivity contribution is -0.143. The summed E-state index contributed by atoms with van der Waals surface area (Å²) in [6, 6.07) is 28.8. The number of rotatable bonds is 20. The molecule has 1 saturated heterocycles. The minimum absolute atomic E-state index is 0.119. The molecular weight excluding hydrogens is 590 g/mol. The van der Waals surface area contributed by atoms with E-state index in [0.29, 0.717) is 31.7 Å². The molecule has 254 valence electrons. The number of nitrogens with zero attached hydrogens (tertiary/aromatic N) is 3. The summed E-state index contributed by atoms with van der Waals surface area (Å²) in [5.41, 5.74) is 4.18. The van der Waals surface area contributed by atoms with E-state index in [2.05, 4.69) is 69.3 Å². The summed E-state index contributed by atoms with van der Waals surface area (Å²) in [6.07, 6.45) is 5.99. The molecule has 1 unspecified atom stereocenters. The van der Waals surface area contributed by atoms with E-state index >= 15 is 0 Å². The molecule has 3 aromatic carbocycles. The summed E-state index contributed by atoms with van der Waals surface area (Å²) >= 11 is 0. The molecule has 3 aromatic rings. The molecule has 0 bridgehead atoms. The Labute approximate surface area is 281 Å². The fourth-order valence-corrected chi connectivity index (χ4v) is 6.05. The second-order valence-electron chi connectivity index (χ2n) is 12.2. The van der Waals surface area contributed by atoms with Gasteiger partial charge < -0.3 is 19.1 Å². The highest BCUT2D eigenvalue weighted by Gasteiger charge is 2.21. The van der Waals surface area contributed by atoms with Gasteiger partial charge in [0.1, 0.15) is 6.23 Å². The van der Waals surface area contributed by atoms with Gasteiger partial charge in [-0.3, -0.25) is 14.6 Å². The van der Waals surface area contributed by atoms with Crippen LogP contribution in [0.25, 0.3) is 0 Å². The molecule has 0 N–H and O–H groups in total. The summed E-state index contributed by atoms with van der Waals surface area (Å²) in [5.74, 6) is -0.486. The average molecular weight is 644 g/mol. The van der Waals surface area contributed by atoms with Gasteiger partial charge in [-0.25, -0.2) is 4.79 Å². The van der Waals surface area contributed by atoms with Crippen LogP contribution in [0, 0.1) is 0 Å². The van der Waals surface area contributed by atoms with Crippen LogP contribution in [0.3, 0.4) is 0 Å². The minimum atomic E-state index is -0.341. The fraction of sp³-hybridized carbons (Fsp3) is 0.487. The minimum Gasteiger partial charge on any atom is -0.466 e. The largest absolute Gasteiger partial charge is 0.466 e. The molecule has 0 radical (unpaired) electrons. The molecular formula is C39H53N3O5. The zero-order chi connectivity index (χ0) is 33.1. The SMILES string of the molecule is CCOC(=O)CCCCN(Cc1ccc(C(=O)OC)cc1)C(Cc1ccccc1)OCCCCCN1CCN(c2ccccc2)CC1. The molecule has 1 aliphatic rings. The normalized spacial score (nSPS) is 14.2. The maximum Gasteiger partial charge on any atom is 0.337 e. The second kappa shape index (κ2) is 20.5. The van der Waals surface area contributed by atoms with Crippen LogP contribution in [-0.4, -0.2) is 87.6 Å². The molecule has 1 aliphatic heterocycles. The van der Waals surface area contributed by atoms with E-state index in [-0.39, 0.29) is 18.2 Å². The summed E-state index contributed by atoms with van der Waals surface area (Å²) in [5, 5.41) is 0. The average Bonchev–Trinajstić information content (AvgIpc) is 3.11. The monoisotopic (exact) mass is 643 g/mol. The van der Waals surface area contributed by atoms with Crippen LogP contribution in [0.5, 0.6) is 0 Å². The Hall–Kier alpha value is -3.72. The zero-order valence-corrected chi connectivity index (χ0v) is 28.4. The van der Waals surface area contributed by atoms with Crippen LogP contribution in [0.4, 0.5) is 5.69 Å². The lowest BCUT2D eigenvalue weighted by Gasteiger charge is -2.36. The van der Waals surface area contributed by atoms with Crippen LogP contribution >= 0.6 is 0 Å². The van der Waals surface area contributed by atoms with Gasteiger partial charge in [0.05, 0.1) is 19.3 Å². The Morgan fingerprint density at radius 3 is 2.17 bits per heavy atom. The van der Waals surface area contributed by atoms with Crippen LogP contribution in [0.2, 0.25) is 0 Å². The van der Waals surface area contributed by atoms with E-state index in [9.17, 15) is 9.59 Å². The molecule has 8 nitrogen and oxygen atoms in total. The number of anilines is 1. The maximum absolute atomic E-state index is 12.0. The van der Waals surface area contributed by atoms with Crippen molar-refractivity contribution in [1.82, 2.24) is 9.80 Å². The van der Waals surface area contributed by atoms with E-state index in [1.165, 1.54) is 24.8 Å². The molecule has 4 rings (SSSR count). The molecule has 0 aromatic heterocycles. The van der Waals surface area contributed by atoms with Gasteiger partial charge in [-0.2, -0.15) is 0 Å². The van der Waals surface area contributed by atoms with Crippen molar-refractivity contribution in [3.8, 4) is 0 Å². The van der Waals surface area contributed by atoms with E-state index in [1.807, 2.05) is 37.3 Å². The summed E-state index contributed by atoms with van der Waals surface area (Å²) in [7, 11) is 1.40. The number of methoxy groups -OCH3 is 1. The molecule has 1 heterocycles. The molecule has 0 saturated carbocycles. The number of piperazine rings is 1. The maximum atomic E-state index is 12.0. The van der Waals surface area contributed by atoms with Gasteiger partial charge in [-0.1, -0.05) is 60.7 Å². The molecule has 47 heavy (non-hydrogen) atoms. The highest BCUT2D eigenvalue weighted by Crippen LogP contribution is 2.19. The van der Waals surface area contributed by atoms with Crippen LogP contribution in [-0.2, 0) is 32.0 Å². The van der Waals surface area contributed by atoms with Crippen LogP contribution in [0.1, 0.15) is 66.9 Å². The van der Waals surface area contributed by atoms with E-state index < -0.39 is 0 Å². The first-order chi connectivity index (χ1) is 23.1. The number of esters is 2. The summed E-state index contributed by atoms with van der Waals surface area (Å²) in [6.45, 7) is 9.90. The molecule has 1 fully saturated rings. The Kier molecular flexibility index (Phi) is 15.8. The van der Waals surface area contributed by atoms with Crippen molar-refractivity contribution in [2.45, 2.75) is 64.6 Å². The molecule has 0 amide bonds. The number of carbonyl (C=O) groups excluding carboxylic acids is 2. The number of benzene rings is 3. The van der Waals surface area contributed by atoms with E-state index in [0.717, 1.165) is 76.9 Å². The first-order valence-corrected chi connectivity index (χ1v) is 17.3. The van der Waals surface area contributed by atoms with Crippen molar-refractivity contribution in [2.75, 3.05) is 64.5 Å². The Bertz CT molecular complexity index is 1300.